The van der Waals surface area contributed by atoms with Gasteiger partial charge in [0.25, 0.3) is 0 Å². The molecule has 0 bridgehead atoms. The Morgan fingerprint density at radius 1 is 1.29 bits per heavy atom. The number of fused-ring (bicyclic) bond motifs is 1. The van der Waals surface area contributed by atoms with E-state index in [2.05, 4.69) is 51.6 Å². The predicted octanol–water partition coefficient (Wildman–Crippen LogP) is 3.35. The first-order valence-electron chi connectivity index (χ1n) is 7.34. The number of para-hydroxylation sites is 1. The summed E-state index contributed by atoms with van der Waals surface area (Å²) in [5, 5.41) is 12.6. The first-order chi connectivity index (χ1) is 10.3. The van der Waals surface area contributed by atoms with E-state index in [0.717, 1.165) is 42.5 Å². The fourth-order valence-electron chi connectivity index (χ4n) is 2.43. The van der Waals surface area contributed by atoms with Crippen LogP contribution in [0.15, 0.2) is 29.6 Å². The van der Waals surface area contributed by atoms with E-state index in [4.69, 9.17) is 5.10 Å². The molecule has 0 atom stereocenters. The third-order valence-electron chi connectivity index (χ3n) is 3.41. The topological polar surface area (TPSA) is 42.7 Å². The first kappa shape index (κ1) is 14.2. The van der Waals surface area contributed by atoms with Gasteiger partial charge in [0.15, 0.2) is 0 Å². The highest BCUT2D eigenvalue weighted by Crippen LogP contribution is 2.20. The Kier molecular flexibility index (Phi) is 4.31. The van der Waals surface area contributed by atoms with Gasteiger partial charge in [0.05, 0.1) is 17.8 Å². The number of nitrogens with one attached hydrogen (secondary N) is 1. The van der Waals surface area contributed by atoms with Crippen molar-refractivity contribution in [2.75, 3.05) is 6.54 Å². The van der Waals surface area contributed by atoms with Crippen molar-refractivity contribution in [3.8, 4) is 0 Å². The first-order valence-corrected chi connectivity index (χ1v) is 8.22. The SMILES string of the molecule is CCCNCc1nn(Cc2nc(C)cs2)c2ccccc12. The van der Waals surface area contributed by atoms with E-state index < -0.39 is 0 Å². The molecule has 0 fully saturated rings. The van der Waals surface area contributed by atoms with Crippen molar-refractivity contribution in [3.05, 3.63) is 46.0 Å². The molecule has 0 spiro atoms. The maximum absolute atomic E-state index is 4.79. The molecule has 1 N–H and O–H groups in total. The molecule has 0 amide bonds. The largest absolute Gasteiger partial charge is 0.311 e. The van der Waals surface area contributed by atoms with Gasteiger partial charge in [-0.15, -0.1) is 11.3 Å². The molecule has 0 saturated carbocycles. The second-order valence-corrected chi connectivity index (χ2v) is 6.12. The Bertz CT molecular complexity index is 729. The second kappa shape index (κ2) is 6.37. The van der Waals surface area contributed by atoms with Crippen LogP contribution in [-0.2, 0) is 13.1 Å². The summed E-state index contributed by atoms with van der Waals surface area (Å²) in [5.74, 6) is 0. The van der Waals surface area contributed by atoms with Crippen LogP contribution in [0.25, 0.3) is 10.9 Å². The molecule has 21 heavy (non-hydrogen) atoms. The molecule has 0 unspecified atom stereocenters. The van der Waals surface area contributed by atoms with Crippen molar-refractivity contribution < 1.29 is 0 Å². The van der Waals surface area contributed by atoms with Gasteiger partial charge < -0.3 is 5.32 Å². The lowest BCUT2D eigenvalue weighted by Gasteiger charge is -2.00. The van der Waals surface area contributed by atoms with E-state index in [1.165, 1.54) is 10.9 Å². The molecular weight excluding hydrogens is 280 g/mol. The summed E-state index contributed by atoms with van der Waals surface area (Å²) in [6.45, 7) is 6.79. The summed E-state index contributed by atoms with van der Waals surface area (Å²) < 4.78 is 2.07. The molecule has 0 saturated heterocycles. The smallest absolute Gasteiger partial charge is 0.114 e. The number of hydrogen-bond acceptors (Lipinski definition) is 4. The third kappa shape index (κ3) is 3.14. The number of aromatic nitrogens is 3. The normalized spacial score (nSPS) is 11.3. The van der Waals surface area contributed by atoms with Gasteiger partial charge >= 0.3 is 0 Å². The molecule has 3 aromatic rings. The van der Waals surface area contributed by atoms with Crippen molar-refractivity contribution in [1.29, 1.82) is 0 Å². The molecule has 2 heterocycles. The molecule has 0 aliphatic carbocycles. The van der Waals surface area contributed by atoms with Crippen LogP contribution in [0.4, 0.5) is 0 Å². The molecular formula is C16H20N4S. The van der Waals surface area contributed by atoms with Gasteiger partial charge in [-0.05, 0) is 26.0 Å². The van der Waals surface area contributed by atoms with Crippen LogP contribution in [0.2, 0.25) is 0 Å². The highest BCUT2D eigenvalue weighted by atomic mass is 32.1. The number of benzene rings is 1. The Labute approximate surface area is 128 Å². The van der Waals surface area contributed by atoms with Crippen LogP contribution >= 0.6 is 11.3 Å². The Hall–Kier alpha value is -1.72. The van der Waals surface area contributed by atoms with Crippen LogP contribution in [0, 0.1) is 6.92 Å². The zero-order valence-electron chi connectivity index (χ0n) is 12.5. The predicted molar refractivity (Wildman–Crippen MR) is 87.7 cm³/mol. The van der Waals surface area contributed by atoms with Crippen LogP contribution < -0.4 is 5.32 Å². The van der Waals surface area contributed by atoms with E-state index >= 15 is 0 Å². The van der Waals surface area contributed by atoms with Crippen LogP contribution in [-0.4, -0.2) is 21.3 Å². The second-order valence-electron chi connectivity index (χ2n) is 5.18. The zero-order chi connectivity index (χ0) is 14.7. The van der Waals surface area contributed by atoms with Gasteiger partial charge in [-0.1, -0.05) is 25.1 Å². The minimum absolute atomic E-state index is 0.743. The number of aryl methyl sites for hydroxylation is 1. The number of rotatable bonds is 6. The zero-order valence-corrected chi connectivity index (χ0v) is 13.3. The lowest BCUT2D eigenvalue weighted by Crippen LogP contribution is -2.14. The van der Waals surface area contributed by atoms with Crippen molar-refractivity contribution in [3.63, 3.8) is 0 Å². The molecule has 1 aromatic carbocycles. The average molecular weight is 300 g/mol. The van der Waals surface area contributed by atoms with Crippen LogP contribution in [0.1, 0.15) is 29.7 Å². The van der Waals surface area contributed by atoms with E-state index in [9.17, 15) is 0 Å². The van der Waals surface area contributed by atoms with Crippen LogP contribution in [0.5, 0.6) is 0 Å². The van der Waals surface area contributed by atoms with Crippen molar-refractivity contribution in [1.82, 2.24) is 20.1 Å². The molecule has 5 heteroatoms. The fourth-order valence-corrected chi connectivity index (χ4v) is 3.19. The highest BCUT2D eigenvalue weighted by molar-refractivity contribution is 7.09. The van der Waals surface area contributed by atoms with Crippen molar-refractivity contribution in [2.24, 2.45) is 0 Å². The summed E-state index contributed by atoms with van der Waals surface area (Å²) in [6, 6.07) is 8.42. The van der Waals surface area contributed by atoms with Gasteiger partial charge in [0.1, 0.15) is 5.01 Å². The quantitative estimate of drug-likeness (QED) is 0.710. The van der Waals surface area contributed by atoms with Gasteiger partial charge in [0, 0.05) is 23.0 Å². The lowest BCUT2D eigenvalue weighted by atomic mass is 10.2. The Morgan fingerprint density at radius 3 is 2.90 bits per heavy atom. The highest BCUT2D eigenvalue weighted by Gasteiger charge is 2.11. The summed E-state index contributed by atoms with van der Waals surface area (Å²) in [7, 11) is 0. The van der Waals surface area contributed by atoms with Gasteiger partial charge in [0.2, 0.25) is 0 Å². The standard InChI is InChI=1S/C16H20N4S/c1-3-8-17-9-14-13-6-4-5-7-15(13)20(19-14)10-16-18-12(2)11-21-16/h4-7,11,17H,3,8-10H2,1-2H3. The maximum Gasteiger partial charge on any atom is 0.114 e. The summed E-state index contributed by atoms with van der Waals surface area (Å²) in [4.78, 5) is 4.54. The minimum atomic E-state index is 0.743. The monoisotopic (exact) mass is 300 g/mol. The number of nitrogens with zero attached hydrogens (tertiary/aromatic N) is 3. The summed E-state index contributed by atoms with van der Waals surface area (Å²) >= 11 is 1.70. The van der Waals surface area contributed by atoms with Gasteiger partial charge in [-0.3, -0.25) is 4.68 Å². The van der Waals surface area contributed by atoms with Crippen molar-refractivity contribution >= 4 is 22.2 Å². The fraction of sp³-hybridized carbons (Fsp3) is 0.375. The van der Waals surface area contributed by atoms with E-state index in [0.29, 0.717) is 0 Å². The van der Waals surface area contributed by atoms with Gasteiger partial charge in [-0.25, -0.2) is 4.98 Å². The lowest BCUT2D eigenvalue weighted by molar-refractivity contribution is 0.635. The molecule has 4 nitrogen and oxygen atoms in total. The summed E-state index contributed by atoms with van der Waals surface area (Å²) in [5.41, 5.74) is 3.38. The molecule has 110 valence electrons. The van der Waals surface area contributed by atoms with Crippen LogP contribution in [0.3, 0.4) is 0 Å². The van der Waals surface area contributed by atoms with E-state index in [1.54, 1.807) is 11.3 Å². The Balaban J connectivity index is 1.90. The molecule has 0 aliphatic rings. The molecule has 0 aliphatic heterocycles. The average Bonchev–Trinajstić information content (AvgIpc) is 3.05. The number of thiazole rings is 1. The third-order valence-corrected chi connectivity index (χ3v) is 4.36. The number of hydrogen-bond donors (Lipinski definition) is 1. The molecule has 3 rings (SSSR count). The minimum Gasteiger partial charge on any atom is -0.311 e. The van der Waals surface area contributed by atoms with Gasteiger partial charge in [-0.2, -0.15) is 5.10 Å². The van der Waals surface area contributed by atoms with E-state index in [1.807, 2.05) is 6.92 Å². The van der Waals surface area contributed by atoms with E-state index in [-0.39, 0.29) is 0 Å². The maximum atomic E-state index is 4.79. The Morgan fingerprint density at radius 2 is 2.14 bits per heavy atom. The summed E-state index contributed by atoms with van der Waals surface area (Å²) in [6.07, 6.45) is 1.14. The molecule has 2 aromatic heterocycles. The molecule has 0 radical (unpaired) electrons. The van der Waals surface area contributed by atoms with Crippen molar-refractivity contribution in [2.45, 2.75) is 33.4 Å².